The molecule has 1 aliphatic heterocycles. The van der Waals surface area contributed by atoms with Gasteiger partial charge in [-0.2, -0.15) is 0 Å². The van der Waals surface area contributed by atoms with E-state index in [0.29, 0.717) is 61.8 Å². The van der Waals surface area contributed by atoms with Crippen molar-refractivity contribution in [2.75, 3.05) is 13.1 Å². The Morgan fingerprint density at radius 3 is 2.66 bits per heavy atom. The summed E-state index contributed by atoms with van der Waals surface area (Å²) >= 11 is 0. The highest BCUT2D eigenvalue weighted by atomic mass is 19.1. The first kappa shape index (κ1) is 26.5. The number of hydrogen-bond donors (Lipinski definition) is 1. The Kier molecular flexibility index (Phi) is 6.97. The van der Waals surface area contributed by atoms with E-state index in [0.717, 1.165) is 37.8 Å². The lowest BCUT2D eigenvalue weighted by Gasteiger charge is -2.58. The van der Waals surface area contributed by atoms with E-state index in [1.54, 1.807) is 4.90 Å². The number of oxime groups is 1. The smallest absolute Gasteiger partial charge is 0.311 e. The molecule has 38 heavy (non-hydrogen) atoms. The molecule has 0 bridgehead atoms. The van der Waals surface area contributed by atoms with Crippen LogP contribution in [0.25, 0.3) is 0 Å². The first-order chi connectivity index (χ1) is 18.2. The van der Waals surface area contributed by atoms with E-state index in [-0.39, 0.29) is 29.0 Å². The van der Waals surface area contributed by atoms with Gasteiger partial charge in [-0.15, -0.1) is 0 Å². The molecule has 0 aromatic rings. The number of fused-ring (bicyclic) bond motifs is 5. The predicted molar refractivity (Wildman–Crippen MR) is 145 cm³/mol. The Labute approximate surface area is 227 Å². The van der Waals surface area contributed by atoms with Gasteiger partial charge in [0.15, 0.2) is 5.78 Å². The Hall–Kier alpha value is -1.76. The number of nitrogens with zero attached hydrogens (tertiary/aromatic N) is 2. The van der Waals surface area contributed by atoms with E-state index < -0.39 is 6.17 Å². The maximum Gasteiger partial charge on any atom is 0.436 e. The average Bonchev–Trinajstić information content (AvgIpc) is 3.54. The van der Waals surface area contributed by atoms with Crippen LogP contribution in [0.15, 0.2) is 16.8 Å². The Morgan fingerprint density at radius 1 is 1.11 bits per heavy atom. The zero-order chi connectivity index (χ0) is 26.7. The van der Waals surface area contributed by atoms with Gasteiger partial charge in [-0.25, -0.2) is 9.18 Å². The summed E-state index contributed by atoms with van der Waals surface area (Å²) in [4.78, 5) is 32.5. The standard InChI is InChI=1S/C31H46FN3O3/c1-19(34-38-29(37)35(21-5-6-21)17-13-28-27(32)12-16-33-28)24-8-9-25-23-7-4-20-18-22(36)10-14-30(20,2)26(23)11-15-31(24,25)3/h18,21,23-28,33H,4-17H2,1-3H3/b34-19+/t23-,24+,25-,26-,27?,28?,30-,31+/m0/s1. The quantitative estimate of drug-likeness (QED) is 0.254. The van der Waals surface area contributed by atoms with Gasteiger partial charge >= 0.3 is 6.09 Å². The topological polar surface area (TPSA) is 71.0 Å². The molecule has 0 spiro atoms. The molecular weight excluding hydrogens is 481 g/mol. The summed E-state index contributed by atoms with van der Waals surface area (Å²) in [6.07, 6.45) is 12.6. The number of allylic oxidation sites excluding steroid dienone is 1. The second kappa shape index (κ2) is 10.0. The molecule has 7 heteroatoms. The minimum Gasteiger partial charge on any atom is -0.311 e. The van der Waals surface area contributed by atoms with Crippen molar-refractivity contribution in [1.82, 2.24) is 10.2 Å². The largest absolute Gasteiger partial charge is 0.436 e. The lowest BCUT2D eigenvalue weighted by Crippen LogP contribution is -2.51. The summed E-state index contributed by atoms with van der Waals surface area (Å²) in [5, 5.41) is 7.67. The van der Waals surface area contributed by atoms with Crippen molar-refractivity contribution in [3.63, 3.8) is 0 Å². The zero-order valence-corrected chi connectivity index (χ0v) is 23.5. The van der Waals surface area contributed by atoms with Crippen molar-refractivity contribution in [3.05, 3.63) is 11.6 Å². The van der Waals surface area contributed by atoms with Gasteiger partial charge in [-0.1, -0.05) is 24.6 Å². The molecule has 5 aliphatic carbocycles. The average molecular weight is 528 g/mol. The minimum atomic E-state index is -0.826. The number of carbonyl (C=O) groups is 2. The molecule has 210 valence electrons. The number of ketones is 1. The normalized spacial score (nSPS) is 42.7. The summed E-state index contributed by atoms with van der Waals surface area (Å²) in [5.41, 5.74) is 2.74. The minimum absolute atomic E-state index is 0.164. The van der Waals surface area contributed by atoms with Gasteiger partial charge in [-0.05, 0) is 119 Å². The van der Waals surface area contributed by atoms with E-state index >= 15 is 0 Å². The fourth-order valence-electron chi connectivity index (χ4n) is 9.58. The molecule has 6 nitrogen and oxygen atoms in total. The molecule has 1 saturated heterocycles. The summed E-state index contributed by atoms with van der Waals surface area (Å²) in [6.45, 7) is 8.17. The lowest BCUT2D eigenvalue weighted by molar-refractivity contribution is -0.117. The van der Waals surface area contributed by atoms with Crippen LogP contribution in [0.3, 0.4) is 0 Å². The Bertz CT molecular complexity index is 1020. The molecule has 6 rings (SSSR count). The Morgan fingerprint density at radius 2 is 1.92 bits per heavy atom. The van der Waals surface area contributed by atoms with Crippen LogP contribution in [-0.4, -0.2) is 53.8 Å². The second-order valence-corrected chi connectivity index (χ2v) is 13.8. The number of nitrogens with one attached hydrogen (secondary N) is 1. The van der Waals surface area contributed by atoms with Crippen molar-refractivity contribution < 1.29 is 18.8 Å². The van der Waals surface area contributed by atoms with Crippen LogP contribution in [0.5, 0.6) is 0 Å². The SMILES string of the molecule is C/C(=N\OC(=O)N(CCC1NCCC1F)C1CC1)[C@H]1CC[C@H]2[C@@H]3CCC4=CC(=O)CC[C@]4(C)[C@H]3CC[C@]12C. The monoisotopic (exact) mass is 527 g/mol. The van der Waals surface area contributed by atoms with Crippen LogP contribution in [-0.2, 0) is 9.63 Å². The molecular formula is C31H46FN3O3. The number of alkyl halides is 1. The third-order valence-corrected chi connectivity index (χ3v) is 11.9. The molecule has 5 fully saturated rings. The van der Waals surface area contributed by atoms with Crippen molar-refractivity contribution in [2.45, 2.75) is 116 Å². The highest BCUT2D eigenvalue weighted by Gasteiger charge is 2.59. The molecule has 0 aromatic heterocycles. The van der Waals surface area contributed by atoms with Gasteiger partial charge < -0.3 is 10.2 Å². The molecule has 0 radical (unpaired) electrons. The highest BCUT2D eigenvalue weighted by Crippen LogP contribution is 2.66. The van der Waals surface area contributed by atoms with Crippen molar-refractivity contribution in [3.8, 4) is 0 Å². The molecule has 1 heterocycles. The summed E-state index contributed by atoms with van der Waals surface area (Å²) in [7, 11) is 0. The first-order valence-corrected chi connectivity index (χ1v) is 15.3. The molecule has 0 aromatic carbocycles. The fourth-order valence-corrected chi connectivity index (χ4v) is 9.58. The van der Waals surface area contributed by atoms with E-state index in [9.17, 15) is 14.0 Å². The zero-order valence-electron chi connectivity index (χ0n) is 23.5. The van der Waals surface area contributed by atoms with Gasteiger partial charge in [0.25, 0.3) is 0 Å². The van der Waals surface area contributed by atoms with Crippen LogP contribution in [0, 0.1) is 34.5 Å². The Balaban J connectivity index is 1.11. The maximum atomic E-state index is 14.0. The van der Waals surface area contributed by atoms with Crippen molar-refractivity contribution >= 4 is 17.6 Å². The predicted octanol–water partition coefficient (Wildman–Crippen LogP) is 6.20. The fraction of sp³-hybridized carbons (Fsp3) is 0.839. The summed E-state index contributed by atoms with van der Waals surface area (Å²) < 4.78 is 14.0. The van der Waals surface area contributed by atoms with Gasteiger partial charge in [0.2, 0.25) is 0 Å². The van der Waals surface area contributed by atoms with Gasteiger partial charge in [0, 0.05) is 31.0 Å². The second-order valence-electron chi connectivity index (χ2n) is 13.8. The lowest BCUT2D eigenvalue weighted by atomic mass is 9.46. The number of amides is 1. The van der Waals surface area contributed by atoms with Crippen LogP contribution in [0.2, 0.25) is 0 Å². The van der Waals surface area contributed by atoms with Crippen LogP contribution >= 0.6 is 0 Å². The molecule has 6 aliphatic rings. The van der Waals surface area contributed by atoms with E-state index in [1.165, 1.54) is 31.3 Å². The van der Waals surface area contributed by atoms with E-state index in [1.807, 2.05) is 13.0 Å². The maximum absolute atomic E-state index is 14.0. The highest BCUT2D eigenvalue weighted by molar-refractivity contribution is 5.91. The van der Waals surface area contributed by atoms with E-state index in [4.69, 9.17) is 4.84 Å². The van der Waals surface area contributed by atoms with E-state index in [2.05, 4.69) is 24.3 Å². The molecule has 8 atom stereocenters. The molecule has 1 amide bonds. The van der Waals surface area contributed by atoms with Gasteiger partial charge in [0.1, 0.15) is 6.17 Å². The summed E-state index contributed by atoms with van der Waals surface area (Å²) in [5.74, 6) is 2.70. The van der Waals surface area contributed by atoms with Gasteiger partial charge in [-0.3, -0.25) is 9.63 Å². The molecule has 4 saturated carbocycles. The van der Waals surface area contributed by atoms with Crippen molar-refractivity contribution in [2.24, 2.45) is 39.7 Å². The van der Waals surface area contributed by atoms with Crippen LogP contribution in [0.1, 0.15) is 97.8 Å². The number of carbonyl (C=O) groups excluding carboxylic acids is 2. The van der Waals surface area contributed by atoms with Crippen molar-refractivity contribution in [1.29, 1.82) is 0 Å². The summed E-state index contributed by atoms with van der Waals surface area (Å²) in [6, 6.07) is 0.0466. The van der Waals surface area contributed by atoms with Gasteiger partial charge in [0.05, 0.1) is 5.71 Å². The number of halogens is 1. The third-order valence-electron chi connectivity index (χ3n) is 11.9. The first-order valence-electron chi connectivity index (χ1n) is 15.3. The number of rotatable bonds is 6. The third kappa shape index (κ3) is 4.54. The van der Waals surface area contributed by atoms with Crippen LogP contribution in [0.4, 0.5) is 9.18 Å². The number of hydrogen-bond acceptors (Lipinski definition) is 5. The molecule has 1 N–H and O–H groups in total. The molecule has 2 unspecified atom stereocenters. The van der Waals surface area contributed by atoms with Crippen LogP contribution < -0.4 is 5.32 Å².